The van der Waals surface area contributed by atoms with Gasteiger partial charge in [0.05, 0.1) is 0 Å². The molecule has 1 unspecified atom stereocenters. The van der Waals surface area contributed by atoms with Gasteiger partial charge in [-0.2, -0.15) is 0 Å². The van der Waals surface area contributed by atoms with Crippen molar-refractivity contribution in [2.75, 3.05) is 20.8 Å². The molecule has 0 aliphatic carbocycles. The number of ether oxygens (including phenoxy) is 2. The van der Waals surface area contributed by atoms with E-state index in [-0.39, 0.29) is 28.0 Å². The van der Waals surface area contributed by atoms with Crippen LogP contribution in [-0.2, 0) is 19.1 Å². The van der Waals surface area contributed by atoms with Gasteiger partial charge in [0, 0.05) is 0 Å². The number of aliphatic hydroxyl groups is 1. The van der Waals surface area contributed by atoms with E-state index >= 15 is 0 Å². The Hall–Kier alpha value is -1.36. The van der Waals surface area contributed by atoms with Gasteiger partial charge in [-0.3, -0.25) is 0 Å². The molecule has 0 radical (unpaired) electrons. The fourth-order valence-corrected chi connectivity index (χ4v) is 4.36. The molecule has 1 atom stereocenters. The SMILES string of the molecule is COC(=O)C(CC(C)(CO)[Se]c1ccccc1)C(=O)OC. The molecule has 1 aromatic carbocycles. The molecule has 5 nitrogen and oxygen atoms in total. The molecular formula is C15H20O5Se. The van der Waals surface area contributed by atoms with Crippen molar-refractivity contribution in [3.63, 3.8) is 0 Å². The van der Waals surface area contributed by atoms with Crippen LogP contribution in [0.3, 0.4) is 0 Å². The fourth-order valence-electron chi connectivity index (χ4n) is 1.89. The van der Waals surface area contributed by atoms with Crippen LogP contribution in [0.5, 0.6) is 0 Å². The first kappa shape index (κ1) is 17.7. The number of aliphatic hydroxyl groups excluding tert-OH is 1. The number of methoxy groups -OCH3 is 2. The van der Waals surface area contributed by atoms with Crippen LogP contribution >= 0.6 is 0 Å². The van der Waals surface area contributed by atoms with E-state index in [4.69, 9.17) is 0 Å². The predicted molar refractivity (Wildman–Crippen MR) is 79.4 cm³/mol. The summed E-state index contributed by atoms with van der Waals surface area (Å²) in [7, 11) is 2.47. The maximum atomic E-state index is 11.8. The summed E-state index contributed by atoms with van der Waals surface area (Å²) in [6.45, 7) is 1.74. The summed E-state index contributed by atoms with van der Waals surface area (Å²) in [5, 5.41) is 9.72. The van der Waals surface area contributed by atoms with Crippen molar-refractivity contribution in [3.05, 3.63) is 30.3 Å². The van der Waals surface area contributed by atoms with E-state index in [2.05, 4.69) is 9.47 Å². The van der Waals surface area contributed by atoms with Crippen molar-refractivity contribution in [3.8, 4) is 0 Å². The number of hydrogen-bond acceptors (Lipinski definition) is 5. The average molecular weight is 359 g/mol. The molecule has 0 aliphatic heterocycles. The Morgan fingerprint density at radius 3 is 2.14 bits per heavy atom. The third-order valence-electron chi connectivity index (χ3n) is 3.05. The summed E-state index contributed by atoms with van der Waals surface area (Å²) in [5.74, 6) is -2.28. The van der Waals surface area contributed by atoms with Crippen molar-refractivity contribution in [1.29, 1.82) is 0 Å². The van der Waals surface area contributed by atoms with Crippen molar-refractivity contribution in [2.45, 2.75) is 17.7 Å². The molecule has 21 heavy (non-hydrogen) atoms. The summed E-state index contributed by atoms with van der Waals surface area (Å²) in [4.78, 5) is 23.5. The van der Waals surface area contributed by atoms with Crippen LogP contribution in [0.1, 0.15) is 13.3 Å². The Morgan fingerprint density at radius 1 is 1.19 bits per heavy atom. The van der Waals surface area contributed by atoms with Crippen molar-refractivity contribution < 1.29 is 24.2 Å². The summed E-state index contributed by atoms with van der Waals surface area (Å²) < 4.78 is 9.86. The number of rotatable bonds is 7. The number of hydrogen-bond donors (Lipinski definition) is 1. The second-order valence-corrected chi connectivity index (χ2v) is 8.31. The average Bonchev–Trinajstić information content (AvgIpc) is 2.52. The molecule has 1 aromatic rings. The zero-order valence-electron chi connectivity index (χ0n) is 12.4. The van der Waals surface area contributed by atoms with E-state index in [0.717, 1.165) is 4.46 Å². The van der Waals surface area contributed by atoms with Crippen LogP contribution in [-0.4, -0.2) is 52.8 Å². The van der Waals surface area contributed by atoms with Gasteiger partial charge in [-0.05, 0) is 0 Å². The molecule has 0 saturated carbocycles. The second kappa shape index (κ2) is 8.17. The Kier molecular flexibility index (Phi) is 6.88. The van der Waals surface area contributed by atoms with Crippen molar-refractivity contribution in [1.82, 2.24) is 0 Å². The Balaban J connectivity index is 2.90. The van der Waals surface area contributed by atoms with Gasteiger partial charge in [-0.1, -0.05) is 0 Å². The number of esters is 2. The zero-order chi connectivity index (χ0) is 15.9. The quantitative estimate of drug-likeness (QED) is 0.437. The summed E-state index contributed by atoms with van der Waals surface area (Å²) in [6.07, 6.45) is 0.192. The minimum absolute atomic E-state index is 0.0939. The van der Waals surface area contributed by atoms with Crippen LogP contribution in [0, 0.1) is 5.92 Å². The van der Waals surface area contributed by atoms with E-state index in [9.17, 15) is 14.7 Å². The molecule has 1 rings (SSSR count). The van der Waals surface area contributed by atoms with Crippen LogP contribution in [0.15, 0.2) is 30.3 Å². The summed E-state index contributed by atoms with van der Waals surface area (Å²) in [5.41, 5.74) is 0. The Morgan fingerprint density at radius 2 is 1.71 bits per heavy atom. The molecular weight excluding hydrogens is 339 g/mol. The van der Waals surface area contributed by atoms with Gasteiger partial charge in [0.25, 0.3) is 0 Å². The van der Waals surface area contributed by atoms with Crippen molar-refractivity contribution >= 4 is 31.4 Å². The minimum atomic E-state index is -1.01. The third kappa shape index (κ3) is 5.16. The number of carbonyl (C=O) groups is 2. The van der Waals surface area contributed by atoms with E-state index in [0.29, 0.717) is 0 Å². The number of benzene rings is 1. The predicted octanol–water partition coefficient (Wildman–Crippen LogP) is 0.539. The van der Waals surface area contributed by atoms with Crippen LogP contribution in [0.4, 0.5) is 0 Å². The van der Waals surface area contributed by atoms with Gasteiger partial charge >= 0.3 is 130 Å². The Labute approximate surface area is 130 Å². The summed E-state index contributed by atoms with van der Waals surface area (Å²) in [6, 6.07) is 9.71. The van der Waals surface area contributed by atoms with Crippen LogP contribution < -0.4 is 4.46 Å². The molecule has 0 bridgehead atoms. The molecule has 0 aromatic heterocycles. The molecule has 116 valence electrons. The van der Waals surface area contributed by atoms with E-state index in [1.165, 1.54) is 14.2 Å². The van der Waals surface area contributed by atoms with Gasteiger partial charge in [-0.15, -0.1) is 0 Å². The normalized spacial score (nSPS) is 13.6. The van der Waals surface area contributed by atoms with E-state index < -0.39 is 22.2 Å². The standard InChI is InChI=1S/C15H20O5Se/c1-15(10-16,21-11-7-5-4-6-8-11)9-12(13(17)19-2)14(18)20-3/h4-8,12,16H,9-10H2,1-3H3. The van der Waals surface area contributed by atoms with E-state index in [1.807, 2.05) is 37.3 Å². The topological polar surface area (TPSA) is 72.8 Å². The van der Waals surface area contributed by atoms with Gasteiger partial charge < -0.3 is 0 Å². The van der Waals surface area contributed by atoms with Gasteiger partial charge in [-0.25, -0.2) is 0 Å². The van der Waals surface area contributed by atoms with Crippen LogP contribution in [0.25, 0.3) is 0 Å². The first-order chi connectivity index (χ1) is 9.95. The van der Waals surface area contributed by atoms with E-state index in [1.54, 1.807) is 0 Å². The summed E-state index contributed by atoms with van der Waals surface area (Å²) >= 11 is -0.0939. The third-order valence-corrected chi connectivity index (χ3v) is 5.77. The second-order valence-electron chi connectivity index (χ2n) is 4.83. The molecule has 6 heteroatoms. The molecule has 0 amide bonds. The van der Waals surface area contributed by atoms with Crippen molar-refractivity contribution in [2.24, 2.45) is 5.92 Å². The molecule has 0 saturated heterocycles. The van der Waals surface area contributed by atoms with Gasteiger partial charge in [0.2, 0.25) is 0 Å². The maximum absolute atomic E-state index is 11.8. The van der Waals surface area contributed by atoms with Crippen LogP contribution in [0.2, 0.25) is 4.31 Å². The Bertz CT molecular complexity index is 460. The first-order valence-corrected chi connectivity index (χ1v) is 8.17. The number of carbonyl (C=O) groups excluding carboxylic acids is 2. The monoisotopic (exact) mass is 360 g/mol. The van der Waals surface area contributed by atoms with Gasteiger partial charge in [0.15, 0.2) is 0 Å². The molecule has 0 fully saturated rings. The fraction of sp³-hybridized carbons (Fsp3) is 0.467. The molecule has 1 N–H and O–H groups in total. The molecule has 0 aliphatic rings. The molecule has 0 heterocycles. The van der Waals surface area contributed by atoms with Gasteiger partial charge in [0.1, 0.15) is 0 Å². The zero-order valence-corrected chi connectivity index (χ0v) is 14.1. The first-order valence-electron chi connectivity index (χ1n) is 6.46. The molecule has 0 spiro atoms.